The Labute approximate surface area is 127 Å². The first kappa shape index (κ1) is 14.6. The molecule has 0 aromatic heterocycles. The van der Waals surface area contributed by atoms with Crippen molar-refractivity contribution < 1.29 is 4.79 Å². The lowest BCUT2D eigenvalue weighted by Crippen LogP contribution is -2.17. The van der Waals surface area contributed by atoms with E-state index in [9.17, 15) is 4.79 Å². The van der Waals surface area contributed by atoms with Crippen LogP contribution in [0.1, 0.15) is 21.5 Å². The van der Waals surface area contributed by atoms with Crippen molar-refractivity contribution in [3.05, 3.63) is 63.6 Å². The smallest absolute Gasteiger partial charge is 0.251 e. The van der Waals surface area contributed by atoms with E-state index in [0.717, 1.165) is 16.7 Å². The summed E-state index contributed by atoms with van der Waals surface area (Å²) in [6.45, 7) is 2.80. The number of carbonyl (C=O) groups is 1. The number of hydrogen-bond donors (Lipinski definition) is 2. The van der Waals surface area contributed by atoms with Gasteiger partial charge in [0.15, 0.2) is 0 Å². The average Bonchev–Trinajstić information content (AvgIpc) is 2.48. The first-order valence-corrected chi connectivity index (χ1v) is 7.20. The van der Waals surface area contributed by atoms with Gasteiger partial charge in [-0.1, -0.05) is 34.1 Å². The number of hydrogen-bond acceptors (Lipinski definition) is 2. The molecule has 0 saturated heterocycles. The summed E-state index contributed by atoms with van der Waals surface area (Å²) >= 11 is 3.49. The highest BCUT2D eigenvalue weighted by atomic mass is 79.9. The number of aryl methyl sites for hydroxylation is 1. The van der Waals surface area contributed by atoms with Crippen LogP contribution in [0.25, 0.3) is 0 Å². The number of halogens is 1. The molecule has 0 heterocycles. The maximum atomic E-state index is 11.6. The zero-order valence-corrected chi connectivity index (χ0v) is 13.1. The van der Waals surface area contributed by atoms with E-state index in [1.807, 2.05) is 24.3 Å². The van der Waals surface area contributed by atoms with Crippen LogP contribution in [0.3, 0.4) is 0 Å². The molecule has 0 fully saturated rings. The van der Waals surface area contributed by atoms with Crippen molar-refractivity contribution >= 4 is 27.5 Å². The van der Waals surface area contributed by atoms with Gasteiger partial charge in [0.05, 0.1) is 0 Å². The largest absolute Gasteiger partial charge is 0.381 e. The maximum Gasteiger partial charge on any atom is 0.251 e. The summed E-state index contributed by atoms with van der Waals surface area (Å²) in [6, 6.07) is 13.7. The predicted molar refractivity (Wildman–Crippen MR) is 86.0 cm³/mol. The Bertz CT molecular complexity index is 626. The lowest BCUT2D eigenvalue weighted by atomic mass is 10.1. The van der Waals surface area contributed by atoms with Crippen LogP contribution in [0.2, 0.25) is 0 Å². The zero-order chi connectivity index (χ0) is 14.5. The van der Waals surface area contributed by atoms with Gasteiger partial charge in [0.2, 0.25) is 0 Å². The summed E-state index contributed by atoms with van der Waals surface area (Å²) in [6.07, 6.45) is 0. The Morgan fingerprint density at radius 3 is 2.70 bits per heavy atom. The summed E-state index contributed by atoms with van der Waals surface area (Å²) in [7, 11) is 1.63. The lowest BCUT2D eigenvalue weighted by molar-refractivity contribution is 0.0963. The quantitative estimate of drug-likeness (QED) is 0.895. The minimum Gasteiger partial charge on any atom is -0.381 e. The molecule has 0 saturated carbocycles. The molecule has 0 aliphatic rings. The molecule has 0 unspecified atom stereocenters. The highest BCUT2D eigenvalue weighted by Gasteiger charge is 2.03. The molecule has 2 rings (SSSR count). The topological polar surface area (TPSA) is 41.1 Å². The van der Waals surface area contributed by atoms with Gasteiger partial charge in [0.1, 0.15) is 0 Å². The van der Waals surface area contributed by atoms with Gasteiger partial charge in [-0.2, -0.15) is 0 Å². The van der Waals surface area contributed by atoms with Crippen LogP contribution >= 0.6 is 15.9 Å². The molecule has 0 bridgehead atoms. The monoisotopic (exact) mass is 332 g/mol. The second kappa shape index (κ2) is 6.57. The fourth-order valence-electron chi connectivity index (χ4n) is 1.94. The highest BCUT2D eigenvalue weighted by molar-refractivity contribution is 9.10. The van der Waals surface area contributed by atoms with Crippen molar-refractivity contribution in [2.75, 3.05) is 12.4 Å². The Hall–Kier alpha value is -1.81. The van der Waals surface area contributed by atoms with Crippen molar-refractivity contribution in [3.8, 4) is 0 Å². The SMILES string of the molecule is CNC(=O)c1cccc(NCc2ccc(Br)c(C)c2)c1. The summed E-state index contributed by atoms with van der Waals surface area (Å²) < 4.78 is 1.11. The lowest BCUT2D eigenvalue weighted by Gasteiger charge is -2.09. The van der Waals surface area contributed by atoms with Gasteiger partial charge in [-0.25, -0.2) is 0 Å². The van der Waals surface area contributed by atoms with Gasteiger partial charge in [0, 0.05) is 29.3 Å². The summed E-state index contributed by atoms with van der Waals surface area (Å²) in [5.74, 6) is -0.0758. The third-order valence-corrected chi connectivity index (χ3v) is 3.96. The molecule has 0 aliphatic heterocycles. The van der Waals surface area contributed by atoms with E-state index in [4.69, 9.17) is 0 Å². The van der Waals surface area contributed by atoms with Crippen LogP contribution in [0, 0.1) is 6.92 Å². The van der Waals surface area contributed by atoms with E-state index in [-0.39, 0.29) is 5.91 Å². The Morgan fingerprint density at radius 1 is 1.20 bits per heavy atom. The average molecular weight is 333 g/mol. The second-order valence-electron chi connectivity index (χ2n) is 4.60. The molecule has 3 nitrogen and oxygen atoms in total. The molecule has 20 heavy (non-hydrogen) atoms. The first-order valence-electron chi connectivity index (χ1n) is 6.41. The molecule has 104 valence electrons. The Morgan fingerprint density at radius 2 is 2.00 bits per heavy atom. The van der Waals surface area contributed by atoms with Crippen LogP contribution in [0.15, 0.2) is 46.9 Å². The van der Waals surface area contributed by atoms with Gasteiger partial charge in [-0.15, -0.1) is 0 Å². The van der Waals surface area contributed by atoms with Crippen molar-refractivity contribution in [1.82, 2.24) is 5.32 Å². The van der Waals surface area contributed by atoms with Crippen LogP contribution in [-0.4, -0.2) is 13.0 Å². The number of carbonyl (C=O) groups excluding carboxylic acids is 1. The predicted octanol–water partition coefficient (Wildman–Crippen LogP) is 3.73. The molecule has 0 aliphatic carbocycles. The molecule has 0 atom stereocenters. The Kier molecular flexibility index (Phi) is 4.79. The van der Waals surface area contributed by atoms with E-state index in [1.54, 1.807) is 13.1 Å². The Balaban J connectivity index is 2.07. The van der Waals surface area contributed by atoms with E-state index in [0.29, 0.717) is 5.56 Å². The van der Waals surface area contributed by atoms with Crippen LogP contribution in [-0.2, 0) is 6.54 Å². The normalized spacial score (nSPS) is 10.2. The molecule has 4 heteroatoms. The van der Waals surface area contributed by atoms with Gasteiger partial charge in [-0.3, -0.25) is 4.79 Å². The number of benzene rings is 2. The van der Waals surface area contributed by atoms with E-state index in [2.05, 4.69) is 45.6 Å². The van der Waals surface area contributed by atoms with Crippen molar-refractivity contribution in [1.29, 1.82) is 0 Å². The second-order valence-corrected chi connectivity index (χ2v) is 5.45. The standard InChI is InChI=1S/C16H17BrN2O/c1-11-8-12(6-7-15(11)17)10-19-14-5-3-4-13(9-14)16(20)18-2/h3-9,19H,10H2,1-2H3,(H,18,20). The molecule has 1 amide bonds. The fraction of sp³-hybridized carbons (Fsp3) is 0.188. The molecule has 2 aromatic rings. The molecular formula is C16H17BrN2O. The van der Waals surface area contributed by atoms with Gasteiger partial charge in [0.25, 0.3) is 5.91 Å². The number of nitrogens with one attached hydrogen (secondary N) is 2. The summed E-state index contributed by atoms with van der Waals surface area (Å²) in [5, 5.41) is 5.96. The van der Waals surface area contributed by atoms with Crippen molar-refractivity contribution in [2.45, 2.75) is 13.5 Å². The molecule has 2 aromatic carbocycles. The molecule has 2 N–H and O–H groups in total. The van der Waals surface area contributed by atoms with Gasteiger partial charge in [-0.05, 0) is 42.3 Å². The van der Waals surface area contributed by atoms with Gasteiger partial charge < -0.3 is 10.6 Å². The highest BCUT2D eigenvalue weighted by Crippen LogP contribution is 2.18. The molecule has 0 radical (unpaired) electrons. The van der Waals surface area contributed by atoms with Crippen molar-refractivity contribution in [3.63, 3.8) is 0 Å². The van der Waals surface area contributed by atoms with Gasteiger partial charge >= 0.3 is 0 Å². The minimum atomic E-state index is -0.0758. The van der Waals surface area contributed by atoms with Crippen LogP contribution in [0.4, 0.5) is 5.69 Å². The third kappa shape index (κ3) is 3.61. The number of rotatable bonds is 4. The van der Waals surface area contributed by atoms with Crippen molar-refractivity contribution in [2.24, 2.45) is 0 Å². The minimum absolute atomic E-state index is 0.0758. The number of anilines is 1. The van der Waals surface area contributed by atoms with E-state index < -0.39 is 0 Å². The number of amides is 1. The fourth-order valence-corrected chi connectivity index (χ4v) is 2.18. The molecule has 0 spiro atoms. The van der Waals surface area contributed by atoms with Crippen LogP contribution < -0.4 is 10.6 Å². The first-order chi connectivity index (χ1) is 9.60. The summed E-state index contributed by atoms with van der Waals surface area (Å²) in [5.41, 5.74) is 4.01. The molecular weight excluding hydrogens is 316 g/mol. The van der Waals surface area contributed by atoms with E-state index >= 15 is 0 Å². The van der Waals surface area contributed by atoms with E-state index in [1.165, 1.54) is 11.1 Å². The zero-order valence-electron chi connectivity index (χ0n) is 11.5. The maximum absolute atomic E-state index is 11.6. The van der Waals surface area contributed by atoms with Crippen LogP contribution in [0.5, 0.6) is 0 Å². The summed E-state index contributed by atoms with van der Waals surface area (Å²) in [4.78, 5) is 11.6. The third-order valence-electron chi connectivity index (χ3n) is 3.07.